The van der Waals surface area contributed by atoms with E-state index in [1.54, 1.807) is 42.9 Å². The summed E-state index contributed by atoms with van der Waals surface area (Å²) in [6.45, 7) is 3.39. The lowest BCUT2D eigenvalue weighted by Crippen LogP contribution is -2.11. The number of nitrogens with one attached hydrogen (secondary N) is 2. The van der Waals surface area contributed by atoms with Gasteiger partial charge in [-0.25, -0.2) is 9.37 Å². The topological polar surface area (TPSA) is 79.8 Å². The van der Waals surface area contributed by atoms with Crippen LogP contribution < -0.4 is 10.6 Å². The van der Waals surface area contributed by atoms with Gasteiger partial charge < -0.3 is 10.6 Å². The smallest absolute Gasteiger partial charge is 0.221 e. The van der Waals surface area contributed by atoms with E-state index in [0.717, 1.165) is 5.56 Å². The Hall–Kier alpha value is -3.35. The Bertz CT molecular complexity index is 900. The molecule has 2 N–H and O–H groups in total. The lowest BCUT2D eigenvalue weighted by Gasteiger charge is -2.17. The standard InChI is InChI=1S/C19H18FN5O/c1-12(14-3-5-15(20)6-4-14)23-19-10-16(24-13(2)26)9-17(25-19)18-11-21-7-8-22-18/h3-12H,1-2H3,(H2,23,24,25,26)/t12-/m0/s1. The number of halogens is 1. The minimum atomic E-state index is -0.281. The Kier molecular flexibility index (Phi) is 5.17. The second kappa shape index (κ2) is 7.69. The van der Waals surface area contributed by atoms with Crippen LogP contribution in [0, 0.1) is 5.82 Å². The Morgan fingerprint density at radius 1 is 1.12 bits per heavy atom. The molecule has 2 aromatic heterocycles. The molecule has 7 heteroatoms. The molecule has 3 rings (SSSR count). The van der Waals surface area contributed by atoms with Crippen molar-refractivity contribution in [2.75, 3.05) is 10.6 Å². The Morgan fingerprint density at radius 3 is 2.54 bits per heavy atom. The third-order valence-electron chi connectivity index (χ3n) is 3.71. The summed E-state index contributed by atoms with van der Waals surface area (Å²) >= 11 is 0. The molecule has 0 aliphatic rings. The highest BCUT2D eigenvalue weighted by Gasteiger charge is 2.11. The van der Waals surface area contributed by atoms with Crippen molar-refractivity contribution in [1.82, 2.24) is 15.0 Å². The molecule has 26 heavy (non-hydrogen) atoms. The Balaban J connectivity index is 1.92. The van der Waals surface area contributed by atoms with Gasteiger partial charge in [0.25, 0.3) is 0 Å². The fraction of sp³-hybridized carbons (Fsp3) is 0.158. The maximum Gasteiger partial charge on any atom is 0.221 e. The maximum atomic E-state index is 13.1. The first-order valence-electron chi connectivity index (χ1n) is 8.09. The van der Waals surface area contributed by atoms with E-state index in [9.17, 15) is 9.18 Å². The highest BCUT2D eigenvalue weighted by molar-refractivity contribution is 5.89. The lowest BCUT2D eigenvalue weighted by molar-refractivity contribution is -0.114. The number of hydrogen-bond donors (Lipinski definition) is 2. The summed E-state index contributed by atoms with van der Waals surface area (Å²) in [6.07, 6.45) is 4.76. The Morgan fingerprint density at radius 2 is 1.88 bits per heavy atom. The number of aromatic nitrogens is 3. The van der Waals surface area contributed by atoms with Gasteiger partial charge in [0, 0.05) is 37.1 Å². The number of amides is 1. The summed E-state index contributed by atoms with van der Waals surface area (Å²) < 4.78 is 13.1. The van der Waals surface area contributed by atoms with Crippen LogP contribution in [-0.4, -0.2) is 20.9 Å². The van der Waals surface area contributed by atoms with Gasteiger partial charge in [-0.15, -0.1) is 0 Å². The molecule has 6 nitrogen and oxygen atoms in total. The van der Waals surface area contributed by atoms with E-state index in [1.807, 2.05) is 6.92 Å². The minimum absolute atomic E-state index is 0.106. The molecule has 0 spiro atoms. The molecule has 0 aliphatic heterocycles. The first-order chi connectivity index (χ1) is 12.5. The van der Waals surface area contributed by atoms with Crippen LogP contribution in [0.4, 0.5) is 15.9 Å². The molecule has 1 amide bonds. The maximum absolute atomic E-state index is 13.1. The van der Waals surface area contributed by atoms with Crippen LogP contribution in [0.15, 0.2) is 55.0 Å². The van der Waals surface area contributed by atoms with Crippen LogP contribution in [0.2, 0.25) is 0 Å². The molecule has 0 bridgehead atoms. The molecule has 0 saturated heterocycles. The zero-order chi connectivity index (χ0) is 18.5. The van der Waals surface area contributed by atoms with Crippen molar-refractivity contribution in [1.29, 1.82) is 0 Å². The van der Waals surface area contributed by atoms with Crippen molar-refractivity contribution in [3.05, 3.63) is 66.4 Å². The lowest BCUT2D eigenvalue weighted by atomic mass is 10.1. The van der Waals surface area contributed by atoms with Gasteiger partial charge in [-0.05, 0) is 30.7 Å². The zero-order valence-corrected chi connectivity index (χ0v) is 14.4. The summed E-state index contributed by atoms with van der Waals surface area (Å²) in [5.74, 6) is 0.101. The van der Waals surface area contributed by atoms with Gasteiger partial charge in [0.15, 0.2) is 0 Å². The second-order valence-corrected chi connectivity index (χ2v) is 5.82. The van der Waals surface area contributed by atoms with E-state index >= 15 is 0 Å². The number of benzene rings is 1. The van der Waals surface area contributed by atoms with E-state index in [4.69, 9.17) is 0 Å². The summed E-state index contributed by atoms with van der Waals surface area (Å²) in [6, 6.07) is 9.63. The quantitative estimate of drug-likeness (QED) is 0.731. The van der Waals surface area contributed by atoms with Crippen molar-refractivity contribution in [3.8, 4) is 11.4 Å². The first-order valence-corrected chi connectivity index (χ1v) is 8.09. The third kappa shape index (κ3) is 4.38. The number of nitrogens with zero attached hydrogens (tertiary/aromatic N) is 3. The highest BCUT2D eigenvalue weighted by atomic mass is 19.1. The number of hydrogen-bond acceptors (Lipinski definition) is 5. The molecule has 132 valence electrons. The molecule has 2 heterocycles. The van der Waals surface area contributed by atoms with Crippen LogP contribution in [-0.2, 0) is 4.79 Å². The number of carbonyl (C=O) groups excluding carboxylic acids is 1. The number of anilines is 2. The molecule has 0 fully saturated rings. The van der Waals surface area contributed by atoms with Crippen molar-refractivity contribution in [3.63, 3.8) is 0 Å². The van der Waals surface area contributed by atoms with Crippen LogP contribution in [0.25, 0.3) is 11.4 Å². The third-order valence-corrected chi connectivity index (χ3v) is 3.71. The van der Waals surface area contributed by atoms with E-state index in [0.29, 0.717) is 22.9 Å². The fourth-order valence-electron chi connectivity index (χ4n) is 2.50. The minimum Gasteiger partial charge on any atom is -0.363 e. The van der Waals surface area contributed by atoms with Gasteiger partial charge >= 0.3 is 0 Å². The van der Waals surface area contributed by atoms with Crippen molar-refractivity contribution >= 4 is 17.4 Å². The zero-order valence-electron chi connectivity index (χ0n) is 14.4. The van der Waals surface area contributed by atoms with Gasteiger partial charge in [0.05, 0.1) is 11.9 Å². The van der Waals surface area contributed by atoms with Crippen LogP contribution in [0.1, 0.15) is 25.5 Å². The molecule has 0 saturated carbocycles. The van der Waals surface area contributed by atoms with Gasteiger partial charge in [0.1, 0.15) is 17.3 Å². The average Bonchev–Trinajstić information content (AvgIpc) is 2.62. The van der Waals surface area contributed by atoms with Crippen LogP contribution in [0.3, 0.4) is 0 Å². The summed E-state index contributed by atoms with van der Waals surface area (Å²) in [5, 5.41) is 6.03. The Labute approximate surface area is 150 Å². The monoisotopic (exact) mass is 351 g/mol. The van der Waals surface area contributed by atoms with Gasteiger partial charge in [-0.1, -0.05) is 12.1 Å². The van der Waals surface area contributed by atoms with Crippen molar-refractivity contribution < 1.29 is 9.18 Å². The van der Waals surface area contributed by atoms with Crippen molar-refractivity contribution in [2.24, 2.45) is 0 Å². The number of rotatable bonds is 5. The second-order valence-electron chi connectivity index (χ2n) is 5.82. The fourth-order valence-corrected chi connectivity index (χ4v) is 2.50. The number of carbonyl (C=O) groups is 1. The number of pyridine rings is 1. The van der Waals surface area contributed by atoms with Gasteiger partial charge in [-0.3, -0.25) is 14.8 Å². The molecule has 0 aliphatic carbocycles. The normalized spacial score (nSPS) is 11.7. The molecule has 0 unspecified atom stereocenters. The van der Waals surface area contributed by atoms with E-state index in [-0.39, 0.29) is 17.8 Å². The predicted molar refractivity (Wildman–Crippen MR) is 98.0 cm³/mol. The summed E-state index contributed by atoms with van der Waals surface area (Å²) in [5.41, 5.74) is 2.69. The highest BCUT2D eigenvalue weighted by Crippen LogP contribution is 2.25. The summed E-state index contributed by atoms with van der Waals surface area (Å²) in [4.78, 5) is 24.3. The predicted octanol–water partition coefficient (Wildman–Crippen LogP) is 3.81. The van der Waals surface area contributed by atoms with E-state index < -0.39 is 0 Å². The first kappa shape index (κ1) is 17.5. The largest absolute Gasteiger partial charge is 0.363 e. The van der Waals surface area contributed by atoms with Crippen LogP contribution in [0.5, 0.6) is 0 Å². The van der Waals surface area contributed by atoms with E-state index in [2.05, 4.69) is 25.6 Å². The molecule has 3 aromatic rings. The average molecular weight is 351 g/mol. The van der Waals surface area contributed by atoms with E-state index in [1.165, 1.54) is 19.1 Å². The summed E-state index contributed by atoms with van der Waals surface area (Å²) in [7, 11) is 0. The van der Waals surface area contributed by atoms with Gasteiger partial charge in [0.2, 0.25) is 5.91 Å². The molecular formula is C19H18FN5O. The van der Waals surface area contributed by atoms with Gasteiger partial charge in [-0.2, -0.15) is 0 Å². The SMILES string of the molecule is CC(=O)Nc1cc(N[C@@H](C)c2ccc(F)cc2)nc(-c2cnccn2)c1. The molecule has 1 aromatic carbocycles. The van der Waals surface area contributed by atoms with Crippen molar-refractivity contribution in [2.45, 2.75) is 19.9 Å². The van der Waals surface area contributed by atoms with Crippen LogP contribution >= 0.6 is 0 Å². The molecule has 0 radical (unpaired) electrons. The molecule has 1 atom stereocenters. The molecular weight excluding hydrogens is 333 g/mol.